The predicted octanol–water partition coefficient (Wildman–Crippen LogP) is 7.16. The maximum Gasteiger partial charge on any atom is 0.229 e. The molecule has 1 amide bonds. The van der Waals surface area contributed by atoms with Gasteiger partial charge in [0.25, 0.3) is 0 Å². The normalized spacial score (nSPS) is 26.7. The van der Waals surface area contributed by atoms with Gasteiger partial charge in [-0.1, -0.05) is 53.8 Å². The molecule has 0 spiro atoms. The van der Waals surface area contributed by atoms with Gasteiger partial charge in [0, 0.05) is 19.3 Å². The molecule has 1 aromatic rings. The summed E-state index contributed by atoms with van der Waals surface area (Å²) in [7, 11) is 0. The molecule has 3 rings (SSSR count). The topological polar surface area (TPSA) is 45.0 Å². The molecular weight excluding hydrogens is 420 g/mol. The van der Waals surface area contributed by atoms with Crippen LogP contribution in [0.4, 0.5) is 8.78 Å². The van der Waals surface area contributed by atoms with Gasteiger partial charge in [0.05, 0.1) is 16.7 Å². The van der Waals surface area contributed by atoms with Crippen LogP contribution >= 0.6 is 0 Å². The highest BCUT2D eigenvalue weighted by Crippen LogP contribution is 2.59. The Morgan fingerprint density at radius 3 is 2.33 bits per heavy atom. The Balaban J connectivity index is 1.93. The lowest BCUT2D eigenvalue weighted by Crippen LogP contribution is -2.48. The van der Waals surface area contributed by atoms with Gasteiger partial charge in [-0.15, -0.1) is 0 Å². The molecule has 2 fully saturated rings. The van der Waals surface area contributed by atoms with Crippen LogP contribution in [0.5, 0.6) is 0 Å². The fourth-order valence-electron chi connectivity index (χ4n) is 5.44. The lowest BCUT2D eigenvalue weighted by atomic mass is 9.63. The molecule has 178 valence electrons. The third-order valence-corrected chi connectivity index (χ3v) is 7.90. The van der Waals surface area contributed by atoms with Gasteiger partial charge in [0.2, 0.25) is 5.91 Å². The van der Waals surface area contributed by atoms with Crippen LogP contribution in [0, 0.1) is 33.8 Å². The lowest BCUT2D eigenvalue weighted by molar-refractivity contribution is -0.146. The molecule has 6 heteroatoms. The van der Waals surface area contributed by atoms with Gasteiger partial charge in [0.1, 0.15) is 11.6 Å². The number of halogens is 2. The third-order valence-electron chi connectivity index (χ3n) is 7.90. The summed E-state index contributed by atoms with van der Waals surface area (Å²) in [5.74, 6) is -1.31. The monoisotopic (exact) mass is 455 g/mol. The molecule has 1 unspecified atom stereocenters. The summed E-state index contributed by atoms with van der Waals surface area (Å²) >= 11 is 0. The zero-order valence-corrected chi connectivity index (χ0v) is 20.4. The van der Waals surface area contributed by atoms with Crippen LogP contribution in [0.1, 0.15) is 59.4 Å². The second-order valence-electron chi connectivity index (χ2n) is 10.9. The van der Waals surface area contributed by atoms with Gasteiger partial charge >= 0.3 is 0 Å². The molecule has 1 saturated carbocycles. The van der Waals surface area contributed by atoms with E-state index >= 15 is 0 Å². The average Bonchev–Trinajstić information content (AvgIpc) is 3.21. The van der Waals surface area contributed by atoms with Gasteiger partial charge < -0.3 is 4.90 Å². The Labute approximate surface area is 196 Å². The van der Waals surface area contributed by atoms with E-state index in [1.54, 1.807) is 6.08 Å². The number of azo groups is 1. The van der Waals surface area contributed by atoms with Crippen LogP contribution in [0.25, 0.3) is 5.70 Å². The van der Waals surface area contributed by atoms with Gasteiger partial charge in [-0.25, -0.2) is 8.78 Å². The fraction of sp³-hybridized carbons (Fsp3) is 0.519. The van der Waals surface area contributed by atoms with Gasteiger partial charge in [0.15, 0.2) is 0 Å². The minimum absolute atomic E-state index is 0.0486. The van der Waals surface area contributed by atoms with Crippen molar-refractivity contribution in [3.05, 3.63) is 66.4 Å². The Hall–Kier alpha value is -2.63. The van der Waals surface area contributed by atoms with Crippen molar-refractivity contribution in [1.82, 2.24) is 4.90 Å². The van der Waals surface area contributed by atoms with Crippen LogP contribution in [0.2, 0.25) is 0 Å². The molecular formula is C27H35F2N3O. The van der Waals surface area contributed by atoms with Gasteiger partial charge in [-0.2, -0.15) is 10.2 Å². The summed E-state index contributed by atoms with van der Waals surface area (Å²) in [5.41, 5.74) is -0.348. The molecule has 1 heterocycles. The van der Waals surface area contributed by atoms with E-state index in [-0.39, 0.29) is 28.5 Å². The van der Waals surface area contributed by atoms with E-state index < -0.39 is 22.5 Å². The van der Waals surface area contributed by atoms with Gasteiger partial charge in [-0.05, 0) is 59.8 Å². The standard InChI is InChI=1S/C27H35F2N3O/c1-8-30-31-22(23-20(28)10-9-11-21(23)29)16-18(2)19-12-13-27(7,26(19,5)6)24(33)32-15-14-25(3,4)17-32/h8-11,16,19H,1-2,12-15,17H2,3-7H3/b22-16-,31-30?/t19?,27-/m1/s1. The Kier molecular flexibility index (Phi) is 6.79. The fourth-order valence-corrected chi connectivity index (χ4v) is 5.44. The summed E-state index contributed by atoms with van der Waals surface area (Å²) in [6.07, 6.45) is 5.29. The van der Waals surface area contributed by atoms with E-state index in [9.17, 15) is 13.6 Å². The molecule has 1 aliphatic carbocycles. The number of carbonyl (C=O) groups is 1. The number of carbonyl (C=O) groups excluding carboxylic acids is 1. The first-order valence-electron chi connectivity index (χ1n) is 11.5. The smallest absolute Gasteiger partial charge is 0.229 e. The molecule has 2 atom stereocenters. The molecule has 1 saturated heterocycles. The summed E-state index contributed by atoms with van der Waals surface area (Å²) < 4.78 is 29.0. The molecule has 0 aromatic heterocycles. The molecule has 33 heavy (non-hydrogen) atoms. The number of hydrogen-bond acceptors (Lipinski definition) is 3. The van der Waals surface area contributed by atoms with Crippen molar-refractivity contribution < 1.29 is 13.6 Å². The Morgan fingerprint density at radius 1 is 1.15 bits per heavy atom. The third kappa shape index (κ3) is 4.57. The molecule has 0 N–H and O–H groups in total. The maximum absolute atomic E-state index is 14.5. The second-order valence-corrected chi connectivity index (χ2v) is 10.9. The quantitative estimate of drug-likeness (QED) is 0.332. The largest absolute Gasteiger partial charge is 0.342 e. The van der Waals surface area contributed by atoms with E-state index in [2.05, 4.69) is 51.1 Å². The molecule has 1 aliphatic heterocycles. The van der Waals surface area contributed by atoms with Crippen molar-refractivity contribution in [2.45, 2.75) is 53.9 Å². The second kappa shape index (κ2) is 8.96. The van der Waals surface area contributed by atoms with Crippen molar-refractivity contribution in [3.8, 4) is 0 Å². The highest BCUT2D eigenvalue weighted by molar-refractivity contribution is 5.84. The highest BCUT2D eigenvalue weighted by Gasteiger charge is 2.57. The first kappa shape index (κ1) is 25.0. The minimum Gasteiger partial charge on any atom is -0.342 e. The Bertz CT molecular complexity index is 1000. The molecule has 0 radical (unpaired) electrons. The summed E-state index contributed by atoms with van der Waals surface area (Å²) in [6.45, 7) is 19.9. The molecule has 4 nitrogen and oxygen atoms in total. The van der Waals surface area contributed by atoms with Crippen LogP contribution in [-0.2, 0) is 4.79 Å². The minimum atomic E-state index is -0.723. The van der Waals surface area contributed by atoms with Crippen molar-refractivity contribution in [2.75, 3.05) is 13.1 Å². The average molecular weight is 456 g/mol. The molecule has 1 aromatic carbocycles. The number of hydrogen-bond donors (Lipinski definition) is 0. The van der Waals surface area contributed by atoms with E-state index in [0.717, 1.165) is 32.4 Å². The number of benzene rings is 1. The van der Waals surface area contributed by atoms with Crippen molar-refractivity contribution in [1.29, 1.82) is 0 Å². The Morgan fingerprint density at radius 2 is 1.79 bits per heavy atom. The number of amides is 1. The van der Waals surface area contributed by atoms with Crippen molar-refractivity contribution in [3.63, 3.8) is 0 Å². The summed E-state index contributed by atoms with van der Waals surface area (Å²) in [4.78, 5) is 15.7. The first-order chi connectivity index (χ1) is 15.3. The maximum atomic E-state index is 14.5. The van der Waals surface area contributed by atoms with Crippen LogP contribution < -0.4 is 0 Å². The van der Waals surface area contributed by atoms with Crippen LogP contribution in [0.15, 0.2) is 59.4 Å². The van der Waals surface area contributed by atoms with E-state index in [4.69, 9.17) is 0 Å². The zero-order valence-electron chi connectivity index (χ0n) is 20.4. The SMILES string of the molecule is C=CN=N/C(=C\C(=C)C1CC[C@](C)(C(=O)N2CCC(C)(C)C2)C1(C)C)c1c(F)cccc1F. The summed E-state index contributed by atoms with van der Waals surface area (Å²) in [6, 6.07) is 3.68. The summed E-state index contributed by atoms with van der Waals surface area (Å²) in [5, 5.41) is 7.75. The van der Waals surface area contributed by atoms with Crippen molar-refractivity contribution in [2.24, 2.45) is 32.4 Å². The van der Waals surface area contributed by atoms with Crippen LogP contribution in [-0.4, -0.2) is 23.9 Å². The first-order valence-corrected chi connectivity index (χ1v) is 11.5. The highest BCUT2D eigenvalue weighted by atomic mass is 19.1. The number of likely N-dealkylation sites (tertiary alicyclic amines) is 1. The zero-order chi connectivity index (χ0) is 24.6. The van der Waals surface area contributed by atoms with E-state index in [1.807, 2.05) is 11.8 Å². The number of nitrogens with zero attached hydrogens (tertiary/aromatic N) is 3. The number of allylic oxidation sites excluding steroid dienone is 2. The molecule has 2 aliphatic rings. The van der Waals surface area contributed by atoms with E-state index in [0.29, 0.717) is 5.57 Å². The molecule has 0 bridgehead atoms. The van der Waals surface area contributed by atoms with Gasteiger partial charge in [-0.3, -0.25) is 4.79 Å². The lowest BCUT2D eigenvalue weighted by Gasteiger charge is -2.43. The van der Waals surface area contributed by atoms with Crippen LogP contribution in [0.3, 0.4) is 0 Å². The van der Waals surface area contributed by atoms with E-state index in [1.165, 1.54) is 24.4 Å². The predicted molar refractivity (Wildman–Crippen MR) is 128 cm³/mol. The van der Waals surface area contributed by atoms with Crippen molar-refractivity contribution >= 4 is 11.6 Å². The number of rotatable bonds is 6.